The standard InChI is InChI=1S/C13H18ClNO2/c1-8(2)15-13(16)7-10-6-11(14)12(17-4)5-9(10)3/h5-6,8H,7H2,1-4H3,(H,15,16). The van der Waals surface area contributed by atoms with Gasteiger partial charge < -0.3 is 10.1 Å². The number of carbonyl (C=O) groups excluding carboxylic acids is 1. The number of rotatable bonds is 4. The van der Waals surface area contributed by atoms with Gasteiger partial charge in [0, 0.05) is 6.04 Å². The molecule has 0 aliphatic carbocycles. The third-order valence-corrected chi connectivity index (χ3v) is 2.71. The van der Waals surface area contributed by atoms with Crippen LogP contribution in [-0.2, 0) is 11.2 Å². The number of methoxy groups -OCH3 is 1. The molecule has 0 bridgehead atoms. The highest BCUT2D eigenvalue weighted by atomic mass is 35.5. The molecule has 0 radical (unpaired) electrons. The van der Waals surface area contributed by atoms with Gasteiger partial charge >= 0.3 is 0 Å². The summed E-state index contributed by atoms with van der Waals surface area (Å²) in [5.74, 6) is 0.640. The number of halogens is 1. The van der Waals surface area contributed by atoms with Crippen molar-refractivity contribution in [2.75, 3.05) is 7.11 Å². The lowest BCUT2D eigenvalue weighted by Gasteiger charge is -2.12. The number of carbonyl (C=O) groups is 1. The molecule has 0 heterocycles. The molecule has 0 aliphatic heterocycles. The van der Waals surface area contributed by atoms with E-state index in [9.17, 15) is 4.79 Å². The van der Waals surface area contributed by atoms with Crippen molar-refractivity contribution in [2.24, 2.45) is 0 Å². The van der Waals surface area contributed by atoms with Crippen molar-refractivity contribution in [3.63, 3.8) is 0 Å². The molecule has 0 fully saturated rings. The van der Waals surface area contributed by atoms with Crippen molar-refractivity contribution < 1.29 is 9.53 Å². The summed E-state index contributed by atoms with van der Waals surface area (Å²) in [5, 5.41) is 3.39. The van der Waals surface area contributed by atoms with Gasteiger partial charge in [-0.15, -0.1) is 0 Å². The lowest BCUT2D eigenvalue weighted by Crippen LogP contribution is -2.31. The average molecular weight is 256 g/mol. The van der Waals surface area contributed by atoms with Crippen molar-refractivity contribution in [3.05, 3.63) is 28.3 Å². The van der Waals surface area contributed by atoms with Gasteiger partial charge in [-0.1, -0.05) is 11.6 Å². The van der Waals surface area contributed by atoms with Gasteiger partial charge in [0.05, 0.1) is 18.6 Å². The largest absolute Gasteiger partial charge is 0.495 e. The zero-order valence-electron chi connectivity index (χ0n) is 10.6. The van der Waals surface area contributed by atoms with Crippen molar-refractivity contribution >= 4 is 17.5 Å². The van der Waals surface area contributed by atoms with E-state index in [0.29, 0.717) is 17.2 Å². The molecular formula is C13H18ClNO2. The fourth-order valence-electron chi connectivity index (χ4n) is 1.59. The van der Waals surface area contributed by atoms with Crippen molar-refractivity contribution in [1.29, 1.82) is 0 Å². The van der Waals surface area contributed by atoms with Crippen LogP contribution in [0.5, 0.6) is 5.75 Å². The van der Waals surface area contributed by atoms with E-state index in [1.807, 2.05) is 26.8 Å². The van der Waals surface area contributed by atoms with Gasteiger partial charge in [-0.25, -0.2) is 0 Å². The lowest BCUT2D eigenvalue weighted by molar-refractivity contribution is -0.120. The van der Waals surface area contributed by atoms with E-state index in [2.05, 4.69) is 5.32 Å². The van der Waals surface area contributed by atoms with Gasteiger partial charge in [0.15, 0.2) is 0 Å². The summed E-state index contributed by atoms with van der Waals surface area (Å²) in [6.07, 6.45) is 0.341. The summed E-state index contributed by atoms with van der Waals surface area (Å²) >= 11 is 6.03. The second kappa shape index (κ2) is 5.92. The zero-order chi connectivity index (χ0) is 13.0. The topological polar surface area (TPSA) is 38.3 Å². The molecule has 0 aromatic heterocycles. The number of hydrogen-bond acceptors (Lipinski definition) is 2. The van der Waals surface area contributed by atoms with Gasteiger partial charge in [-0.05, 0) is 44.0 Å². The Morgan fingerprint density at radius 2 is 2.12 bits per heavy atom. The molecule has 94 valence electrons. The molecule has 1 aromatic rings. The van der Waals surface area contributed by atoms with Crippen LogP contribution in [0.2, 0.25) is 5.02 Å². The first kappa shape index (κ1) is 13.8. The quantitative estimate of drug-likeness (QED) is 0.899. The molecule has 0 aliphatic rings. The Balaban J connectivity index is 2.85. The SMILES string of the molecule is COc1cc(C)c(CC(=O)NC(C)C)cc1Cl. The van der Waals surface area contributed by atoms with Crippen LogP contribution in [-0.4, -0.2) is 19.1 Å². The van der Waals surface area contributed by atoms with Crippen LogP contribution in [0.15, 0.2) is 12.1 Å². The monoisotopic (exact) mass is 255 g/mol. The van der Waals surface area contributed by atoms with Crippen LogP contribution >= 0.6 is 11.6 Å². The van der Waals surface area contributed by atoms with E-state index >= 15 is 0 Å². The minimum Gasteiger partial charge on any atom is -0.495 e. The number of hydrogen-bond donors (Lipinski definition) is 1. The van der Waals surface area contributed by atoms with Crippen LogP contribution in [0.1, 0.15) is 25.0 Å². The summed E-state index contributed by atoms with van der Waals surface area (Å²) in [5.41, 5.74) is 1.93. The van der Waals surface area contributed by atoms with E-state index in [-0.39, 0.29) is 11.9 Å². The van der Waals surface area contributed by atoms with Crippen LogP contribution in [0.4, 0.5) is 0 Å². The Morgan fingerprint density at radius 3 is 2.65 bits per heavy atom. The predicted octanol–water partition coefficient (Wildman–Crippen LogP) is 2.72. The molecule has 0 saturated carbocycles. The number of aryl methyl sites for hydroxylation is 1. The average Bonchev–Trinajstić information content (AvgIpc) is 2.21. The second-order valence-corrected chi connectivity index (χ2v) is 4.72. The highest BCUT2D eigenvalue weighted by Gasteiger charge is 2.10. The van der Waals surface area contributed by atoms with E-state index in [4.69, 9.17) is 16.3 Å². The van der Waals surface area contributed by atoms with E-state index in [1.165, 1.54) is 0 Å². The molecule has 1 aromatic carbocycles. The Labute approximate surface area is 107 Å². The maximum absolute atomic E-state index is 11.7. The molecule has 0 unspecified atom stereocenters. The molecule has 1 amide bonds. The first-order valence-electron chi connectivity index (χ1n) is 5.56. The van der Waals surface area contributed by atoms with Crippen LogP contribution in [0.25, 0.3) is 0 Å². The molecule has 17 heavy (non-hydrogen) atoms. The van der Waals surface area contributed by atoms with E-state index in [1.54, 1.807) is 13.2 Å². The van der Waals surface area contributed by atoms with Crippen molar-refractivity contribution in [3.8, 4) is 5.75 Å². The maximum Gasteiger partial charge on any atom is 0.224 e. The number of ether oxygens (including phenoxy) is 1. The fourth-order valence-corrected chi connectivity index (χ4v) is 1.85. The lowest BCUT2D eigenvalue weighted by atomic mass is 10.0. The van der Waals surface area contributed by atoms with Gasteiger partial charge in [-0.3, -0.25) is 4.79 Å². The number of nitrogens with one attached hydrogen (secondary N) is 1. The van der Waals surface area contributed by atoms with Gasteiger partial charge in [0.2, 0.25) is 5.91 Å². The first-order chi connectivity index (χ1) is 7.93. The molecule has 0 atom stereocenters. The van der Waals surface area contributed by atoms with Gasteiger partial charge in [0.1, 0.15) is 5.75 Å². The van der Waals surface area contributed by atoms with Crippen LogP contribution in [0, 0.1) is 6.92 Å². The smallest absolute Gasteiger partial charge is 0.224 e. The zero-order valence-corrected chi connectivity index (χ0v) is 11.4. The normalized spacial score (nSPS) is 10.5. The number of benzene rings is 1. The molecule has 4 heteroatoms. The first-order valence-corrected chi connectivity index (χ1v) is 5.94. The van der Waals surface area contributed by atoms with E-state index < -0.39 is 0 Å². The molecule has 3 nitrogen and oxygen atoms in total. The van der Waals surface area contributed by atoms with Crippen LogP contribution in [0.3, 0.4) is 0 Å². The fraction of sp³-hybridized carbons (Fsp3) is 0.462. The predicted molar refractivity (Wildman–Crippen MR) is 69.7 cm³/mol. The minimum absolute atomic E-state index is 0.00401. The summed E-state index contributed by atoms with van der Waals surface area (Å²) in [4.78, 5) is 11.7. The third-order valence-electron chi connectivity index (χ3n) is 2.41. The highest BCUT2D eigenvalue weighted by Crippen LogP contribution is 2.27. The van der Waals surface area contributed by atoms with Gasteiger partial charge in [-0.2, -0.15) is 0 Å². The third kappa shape index (κ3) is 3.93. The Hall–Kier alpha value is -1.22. The molecular weight excluding hydrogens is 238 g/mol. The minimum atomic E-state index is 0.00401. The number of amides is 1. The Kier molecular flexibility index (Phi) is 4.82. The molecule has 1 N–H and O–H groups in total. The maximum atomic E-state index is 11.7. The molecule has 1 rings (SSSR count). The molecule has 0 saturated heterocycles. The van der Waals surface area contributed by atoms with Crippen molar-refractivity contribution in [2.45, 2.75) is 33.2 Å². The van der Waals surface area contributed by atoms with Crippen LogP contribution < -0.4 is 10.1 Å². The Morgan fingerprint density at radius 1 is 1.47 bits per heavy atom. The summed E-state index contributed by atoms with van der Waals surface area (Å²) in [7, 11) is 1.58. The summed E-state index contributed by atoms with van der Waals surface area (Å²) in [6, 6.07) is 3.78. The second-order valence-electron chi connectivity index (χ2n) is 4.31. The highest BCUT2D eigenvalue weighted by molar-refractivity contribution is 6.32. The van der Waals surface area contributed by atoms with E-state index in [0.717, 1.165) is 11.1 Å². The molecule has 0 spiro atoms. The Bertz CT molecular complexity index is 416. The van der Waals surface area contributed by atoms with Gasteiger partial charge in [0.25, 0.3) is 0 Å². The van der Waals surface area contributed by atoms with Crippen molar-refractivity contribution in [1.82, 2.24) is 5.32 Å². The summed E-state index contributed by atoms with van der Waals surface area (Å²) < 4.78 is 5.12. The summed E-state index contributed by atoms with van der Waals surface area (Å²) in [6.45, 7) is 5.81.